The molecule has 0 saturated heterocycles. The van der Waals surface area contributed by atoms with E-state index in [1.165, 1.54) is 33.4 Å². The van der Waals surface area contributed by atoms with Gasteiger partial charge in [0.15, 0.2) is 0 Å². The molecule has 356 valence electrons. The van der Waals surface area contributed by atoms with Gasteiger partial charge in [0.05, 0.1) is 0 Å². The standard InChI is InChI=1S/C18H22O2.2C11H16O.2C5H8.2C4H8.C2H6/c1-10-6-15(7-11(2)17(10)19)14(5)16-8-12(3)18(20)13(4)9-16;2*1-7(2)10-5-8(3)11(12)9(4)6-10;2*1-3-5-4-2;2*1-4(2)3;1-2/h6-9,14,19-20H,1-5H3;2*5-7,12H,1-4H3;2*3H2,1-2H3;2*1H2,2-3H3;1-2H3. The molecule has 0 unspecified atom stereocenters. The monoisotopic (exact) mass is 877 g/mol. The molecule has 0 spiro atoms. The van der Waals surface area contributed by atoms with Crippen LogP contribution < -0.4 is 0 Å². The van der Waals surface area contributed by atoms with Crippen LogP contribution in [0.4, 0.5) is 0 Å². The first-order valence-electron chi connectivity index (χ1n) is 22.9. The maximum absolute atomic E-state index is 9.87. The number of hydrogen-bond acceptors (Lipinski definition) is 4. The molecule has 0 aromatic heterocycles. The van der Waals surface area contributed by atoms with Crippen molar-refractivity contribution in [2.45, 2.75) is 190 Å². The molecule has 4 N–H and O–H groups in total. The summed E-state index contributed by atoms with van der Waals surface area (Å²) in [6.45, 7) is 53.0. The molecule has 0 saturated carbocycles. The topological polar surface area (TPSA) is 80.9 Å². The Bertz CT molecular complexity index is 1850. The third-order valence-corrected chi connectivity index (χ3v) is 9.09. The van der Waals surface area contributed by atoms with Crippen molar-refractivity contribution in [2.75, 3.05) is 0 Å². The highest BCUT2D eigenvalue weighted by Gasteiger charge is 2.14. The number of aromatic hydroxyl groups is 4. The summed E-state index contributed by atoms with van der Waals surface area (Å²) in [5.41, 5.74) is 14.8. The Hall–Kier alpha value is -5.32. The second-order valence-electron chi connectivity index (χ2n) is 17.0. The van der Waals surface area contributed by atoms with E-state index in [1.54, 1.807) is 0 Å². The quantitative estimate of drug-likeness (QED) is 0.122. The van der Waals surface area contributed by atoms with Crippen molar-refractivity contribution in [3.8, 4) is 46.7 Å². The lowest BCUT2D eigenvalue weighted by molar-refractivity contribution is 0.465. The first-order valence-corrected chi connectivity index (χ1v) is 22.9. The van der Waals surface area contributed by atoms with E-state index in [2.05, 4.69) is 71.5 Å². The summed E-state index contributed by atoms with van der Waals surface area (Å²) in [4.78, 5) is 0. The van der Waals surface area contributed by atoms with Crippen molar-refractivity contribution in [1.29, 1.82) is 0 Å². The Morgan fingerprint density at radius 2 is 0.578 bits per heavy atom. The van der Waals surface area contributed by atoms with Crippen LogP contribution in [-0.2, 0) is 0 Å². The van der Waals surface area contributed by atoms with Crippen LogP contribution in [0.2, 0.25) is 0 Å². The van der Waals surface area contributed by atoms with Crippen LogP contribution in [0, 0.1) is 79.1 Å². The Balaban J connectivity index is -0.000000357. The molecule has 0 fully saturated rings. The molecule has 4 nitrogen and oxygen atoms in total. The summed E-state index contributed by atoms with van der Waals surface area (Å²) >= 11 is 0. The first kappa shape index (κ1) is 65.3. The molecule has 0 heterocycles. The fraction of sp³-hybridized carbons (Fsp3) is 0.467. The van der Waals surface area contributed by atoms with E-state index < -0.39 is 0 Å². The third kappa shape index (κ3) is 28.4. The number of phenols is 4. The maximum atomic E-state index is 9.87. The zero-order chi connectivity index (χ0) is 51.0. The molecule has 4 heteroatoms. The number of hydrogen-bond donors (Lipinski definition) is 4. The van der Waals surface area contributed by atoms with Gasteiger partial charge in [-0.15, -0.1) is 36.8 Å². The SMILES string of the molecule is C=C(C)C.C=C(C)C.CC.CC#CCC.CC#CCC.Cc1cc(C(C)C)cc(C)c1O.Cc1cc(C(C)C)cc(C)c1O.Cc1cc(C(C)c2cc(C)c(O)c(C)c2)cc(C)c1O. The lowest BCUT2D eigenvalue weighted by Crippen LogP contribution is -1.99. The minimum absolute atomic E-state index is 0.228. The van der Waals surface area contributed by atoms with Gasteiger partial charge in [0.2, 0.25) is 0 Å². The molecule has 4 rings (SSSR count). The Morgan fingerprint density at radius 1 is 0.422 bits per heavy atom. The number of benzene rings is 4. The van der Waals surface area contributed by atoms with Crippen LogP contribution in [0.25, 0.3) is 0 Å². The van der Waals surface area contributed by atoms with Crippen molar-refractivity contribution < 1.29 is 20.4 Å². The van der Waals surface area contributed by atoms with Crippen LogP contribution in [0.15, 0.2) is 72.8 Å². The normalized spacial score (nSPS) is 9.22. The number of aryl methyl sites for hydroxylation is 8. The average molecular weight is 877 g/mol. The largest absolute Gasteiger partial charge is 0.507 e. The second kappa shape index (κ2) is 36.1. The highest BCUT2D eigenvalue weighted by molar-refractivity contribution is 5.49. The summed E-state index contributed by atoms with van der Waals surface area (Å²) in [5, 5.41) is 38.8. The zero-order valence-corrected chi connectivity index (χ0v) is 45.0. The van der Waals surface area contributed by atoms with E-state index in [4.69, 9.17) is 0 Å². The zero-order valence-electron chi connectivity index (χ0n) is 45.0. The predicted octanol–water partition coefficient (Wildman–Crippen LogP) is 17.8. The van der Waals surface area contributed by atoms with Gasteiger partial charge < -0.3 is 20.4 Å². The minimum Gasteiger partial charge on any atom is -0.507 e. The minimum atomic E-state index is 0.228. The molecule has 0 bridgehead atoms. The lowest BCUT2D eigenvalue weighted by atomic mass is 9.88. The van der Waals surface area contributed by atoms with Gasteiger partial charge in [-0.1, -0.05) is 122 Å². The van der Waals surface area contributed by atoms with Gasteiger partial charge in [-0.3, -0.25) is 0 Å². The summed E-state index contributed by atoms with van der Waals surface area (Å²) in [7, 11) is 0. The van der Waals surface area contributed by atoms with Crippen molar-refractivity contribution >= 4 is 0 Å². The van der Waals surface area contributed by atoms with Gasteiger partial charge in [-0.05, 0) is 176 Å². The third-order valence-electron chi connectivity index (χ3n) is 9.09. The fourth-order valence-electron chi connectivity index (χ4n) is 5.67. The van der Waals surface area contributed by atoms with E-state index in [0.29, 0.717) is 34.8 Å². The fourth-order valence-corrected chi connectivity index (χ4v) is 5.67. The van der Waals surface area contributed by atoms with Crippen LogP contribution in [-0.4, -0.2) is 20.4 Å². The van der Waals surface area contributed by atoms with E-state index in [9.17, 15) is 20.4 Å². The smallest absolute Gasteiger partial charge is 0.121 e. The van der Waals surface area contributed by atoms with Gasteiger partial charge in [0.1, 0.15) is 23.0 Å². The van der Waals surface area contributed by atoms with Crippen LogP contribution in [0.3, 0.4) is 0 Å². The molecule has 0 atom stereocenters. The van der Waals surface area contributed by atoms with Crippen LogP contribution in [0.1, 0.15) is 201 Å². The number of allylic oxidation sites excluding steroid dienone is 2. The Kier molecular flexibility index (Phi) is 36.8. The van der Waals surface area contributed by atoms with Crippen molar-refractivity contribution in [2.24, 2.45) is 0 Å². The number of phenolic OH excluding ortho intramolecular Hbond substituents is 4. The molecular formula is C60H92O4. The molecule has 0 amide bonds. The maximum Gasteiger partial charge on any atom is 0.121 e. The summed E-state index contributed by atoms with van der Waals surface area (Å²) in [5.74, 6) is 14.2. The second-order valence-corrected chi connectivity index (χ2v) is 17.0. The molecule has 0 aliphatic rings. The van der Waals surface area contributed by atoms with Gasteiger partial charge >= 0.3 is 0 Å². The first-order chi connectivity index (χ1) is 29.6. The molecule has 4 aromatic rings. The molecule has 4 aromatic carbocycles. The van der Waals surface area contributed by atoms with Crippen LogP contribution in [0.5, 0.6) is 23.0 Å². The predicted molar refractivity (Wildman–Crippen MR) is 286 cm³/mol. The average Bonchev–Trinajstić information content (AvgIpc) is 3.21. The Morgan fingerprint density at radius 3 is 0.688 bits per heavy atom. The molecular weight excluding hydrogens is 785 g/mol. The summed E-state index contributed by atoms with van der Waals surface area (Å²) in [6.07, 6.45) is 1.97. The molecule has 0 aliphatic carbocycles. The molecule has 64 heavy (non-hydrogen) atoms. The van der Waals surface area contributed by atoms with Gasteiger partial charge in [0, 0.05) is 18.8 Å². The molecule has 0 aliphatic heterocycles. The highest BCUT2D eigenvalue weighted by atomic mass is 16.3. The highest BCUT2D eigenvalue weighted by Crippen LogP contribution is 2.34. The lowest BCUT2D eigenvalue weighted by Gasteiger charge is -2.17. The van der Waals surface area contributed by atoms with Crippen molar-refractivity contribution in [3.05, 3.63) is 140 Å². The van der Waals surface area contributed by atoms with E-state index in [0.717, 1.165) is 57.3 Å². The van der Waals surface area contributed by atoms with Crippen molar-refractivity contribution in [3.63, 3.8) is 0 Å². The van der Waals surface area contributed by atoms with Gasteiger partial charge in [0.25, 0.3) is 0 Å². The number of rotatable bonds is 4. The summed E-state index contributed by atoms with van der Waals surface area (Å²) in [6, 6.07) is 16.3. The van der Waals surface area contributed by atoms with E-state index in [-0.39, 0.29) is 5.92 Å². The van der Waals surface area contributed by atoms with Crippen LogP contribution >= 0.6 is 0 Å². The van der Waals surface area contributed by atoms with Gasteiger partial charge in [-0.2, -0.15) is 0 Å². The van der Waals surface area contributed by atoms with Gasteiger partial charge in [-0.25, -0.2) is 0 Å². The molecule has 0 radical (unpaired) electrons. The van der Waals surface area contributed by atoms with Crippen molar-refractivity contribution in [1.82, 2.24) is 0 Å². The Labute approximate surface area is 395 Å². The summed E-state index contributed by atoms with van der Waals surface area (Å²) < 4.78 is 0. The van der Waals surface area contributed by atoms with E-state index in [1.807, 2.05) is 173 Å². The van der Waals surface area contributed by atoms with E-state index >= 15 is 0 Å².